The van der Waals surface area contributed by atoms with Gasteiger partial charge in [-0.25, -0.2) is 8.42 Å². The summed E-state index contributed by atoms with van der Waals surface area (Å²) in [7, 11) is -3.20. The highest BCUT2D eigenvalue weighted by Gasteiger charge is 2.08. The summed E-state index contributed by atoms with van der Waals surface area (Å²) in [5, 5.41) is 3.81. The van der Waals surface area contributed by atoms with E-state index in [2.05, 4.69) is 10.3 Å². The Bertz CT molecular complexity index is 957. The summed E-state index contributed by atoms with van der Waals surface area (Å²) in [4.78, 5) is 15.5. The van der Waals surface area contributed by atoms with Gasteiger partial charge in [0.1, 0.15) is 0 Å². The molecule has 0 bridgehead atoms. The molecule has 2 N–H and O–H groups in total. The molecule has 1 heterocycles. The molecule has 3 aromatic rings. The lowest BCUT2D eigenvalue weighted by atomic mass is 10.1. The molecule has 3 rings (SSSR count). The molecule has 0 spiro atoms. The topological polar surface area (TPSA) is 79.0 Å². The first-order valence-electron chi connectivity index (χ1n) is 7.08. The minimum absolute atomic E-state index is 0.166. The van der Waals surface area contributed by atoms with E-state index in [0.29, 0.717) is 12.1 Å². The smallest absolute Gasteiger partial charge is 0.251 e. The number of benzene rings is 2. The highest BCUT2D eigenvalue weighted by atomic mass is 32.2. The second-order valence-electron chi connectivity index (χ2n) is 5.38. The van der Waals surface area contributed by atoms with Gasteiger partial charge < -0.3 is 10.3 Å². The molecule has 0 saturated heterocycles. The van der Waals surface area contributed by atoms with Crippen LogP contribution in [-0.4, -0.2) is 25.6 Å². The fraction of sp³-hybridized carbons (Fsp3) is 0.118. The van der Waals surface area contributed by atoms with Crippen LogP contribution in [0.1, 0.15) is 15.9 Å². The second kappa shape index (κ2) is 5.89. The molecule has 1 aromatic heterocycles. The lowest BCUT2D eigenvalue weighted by Gasteiger charge is -2.06. The molecule has 1 amide bonds. The van der Waals surface area contributed by atoms with Crippen LogP contribution in [0.3, 0.4) is 0 Å². The molecule has 5 nitrogen and oxygen atoms in total. The molecule has 0 aliphatic heterocycles. The Hall–Kier alpha value is -2.60. The van der Waals surface area contributed by atoms with Gasteiger partial charge in [0.05, 0.1) is 4.90 Å². The second-order valence-corrected chi connectivity index (χ2v) is 7.39. The Morgan fingerprint density at radius 1 is 1.09 bits per heavy atom. The Morgan fingerprint density at radius 3 is 2.52 bits per heavy atom. The van der Waals surface area contributed by atoms with E-state index in [1.54, 1.807) is 30.3 Å². The van der Waals surface area contributed by atoms with Gasteiger partial charge in [0, 0.05) is 35.5 Å². The van der Waals surface area contributed by atoms with E-state index >= 15 is 0 Å². The fourth-order valence-electron chi connectivity index (χ4n) is 2.33. The molecule has 0 aliphatic carbocycles. The van der Waals surface area contributed by atoms with Crippen molar-refractivity contribution in [1.82, 2.24) is 10.3 Å². The Balaban J connectivity index is 1.68. The van der Waals surface area contributed by atoms with Crippen LogP contribution in [0, 0.1) is 0 Å². The number of amides is 1. The predicted octanol–water partition coefficient (Wildman–Crippen LogP) is 2.50. The van der Waals surface area contributed by atoms with Gasteiger partial charge in [0.25, 0.3) is 5.91 Å². The summed E-state index contributed by atoms with van der Waals surface area (Å²) in [5.74, 6) is -0.166. The quantitative estimate of drug-likeness (QED) is 0.772. The summed E-state index contributed by atoms with van der Waals surface area (Å²) >= 11 is 0. The van der Waals surface area contributed by atoms with E-state index in [-0.39, 0.29) is 10.8 Å². The largest absolute Gasteiger partial charge is 0.361 e. The van der Waals surface area contributed by atoms with Gasteiger partial charge in [-0.2, -0.15) is 0 Å². The number of rotatable bonds is 4. The number of sulfone groups is 1. The molecular formula is C17H16N2O3S. The summed E-state index contributed by atoms with van der Waals surface area (Å²) in [5.41, 5.74) is 2.41. The average molecular weight is 328 g/mol. The molecule has 0 saturated carbocycles. The van der Waals surface area contributed by atoms with E-state index in [1.165, 1.54) is 6.26 Å². The van der Waals surface area contributed by atoms with Crippen molar-refractivity contribution in [2.45, 2.75) is 11.4 Å². The maximum absolute atomic E-state index is 12.2. The number of nitrogens with one attached hydrogen (secondary N) is 2. The van der Waals surface area contributed by atoms with Crippen LogP contribution in [0.15, 0.2) is 59.6 Å². The lowest BCUT2D eigenvalue weighted by Crippen LogP contribution is -2.22. The third kappa shape index (κ3) is 3.43. The van der Waals surface area contributed by atoms with Gasteiger partial charge in [-0.15, -0.1) is 0 Å². The third-order valence-corrected chi connectivity index (χ3v) is 4.75. The zero-order valence-electron chi connectivity index (χ0n) is 12.5. The van der Waals surface area contributed by atoms with E-state index in [1.807, 2.05) is 24.4 Å². The first-order chi connectivity index (χ1) is 10.9. The number of fused-ring (bicyclic) bond motifs is 1. The first-order valence-corrected chi connectivity index (χ1v) is 8.97. The van der Waals surface area contributed by atoms with Crippen LogP contribution in [0.5, 0.6) is 0 Å². The normalized spacial score (nSPS) is 11.5. The molecule has 0 atom stereocenters. The average Bonchev–Trinajstić information content (AvgIpc) is 2.99. The molecule has 23 heavy (non-hydrogen) atoms. The Kier molecular flexibility index (Phi) is 3.92. The van der Waals surface area contributed by atoms with Gasteiger partial charge in [0.2, 0.25) is 0 Å². The van der Waals surface area contributed by atoms with Crippen LogP contribution < -0.4 is 5.32 Å². The highest BCUT2D eigenvalue weighted by molar-refractivity contribution is 7.90. The summed E-state index contributed by atoms with van der Waals surface area (Å²) in [6.45, 7) is 0.341. The third-order valence-electron chi connectivity index (χ3n) is 3.62. The van der Waals surface area contributed by atoms with Crippen LogP contribution in [0.2, 0.25) is 0 Å². The van der Waals surface area contributed by atoms with Crippen molar-refractivity contribution in [2.75, 3.05) is 6.26 Å². The van der Waals surface area contributed by atoms with Gasteiger partial charge in [-0.1, -0.05) is 12.1 Å². The number of hydrogen-bond acceptors (Lipinski definition) is 3. The minimum atomic E-state index is -3.20. The van der Waals surface area contributed by atoms with Crippen molar-refractivity contribution in [3.05, 3.63) is 65.9 Å². The van der Waals surface area contributed by atoms with Crippen LogP contribution in [-0.2, 0) is 16.4 Å². The Labute approximate surface area is 134 Å². The van der Waals surface area contributed by atoms with Gasteiger partial charge in [-0.3, -0.25) is 4.79 Å². The van der Waals surface area contributed by atoms with Crippen molar-refractivity contribution in [1.29, 1.82) is 0 Å². The zero-order chi connectivity index (χ0) is 16.4. The summed E-state index contributed by atoms with van der Waals surface area (Å²) in [6, 6.07) is 13.9. The SMILES string of the molecule is CS(=O)(=O)c1ccc(CNC(=O)c2ccc3[nH]ccc3c2)cc1. The number of hydrogen-bond donors (Lipinski definition) is 2. The molecule has 6 heteroatoms. The number of carbonyl (C=O) groups is 1. The maximum Gasteiger partial charge on any atom is 0.251 e. The van der Waals surface area contributed by atoms with E-state index in [9.17, 15) is 13.2 Å². The lowest BCUT2D eigenvalue weighted by molar-refractivity contribution is 0.0951. The molecule has 0 radical (unpaired) electrons. The van der Waals surface area contributed by atoms with Gasteiger partial charge in [-0.05, 0) is 42.0 Å². The Morgan fingerprint density at radius 2 is 1.83 bits per heavy atom. The van der Waals surface area contributed by atoms with Crippen molar-refractivity contribution < 1.29 is 13.2 Å². The minimum Gasteiger partial charge on any atom is -0.361 e. The number of H-pyrrole nitrogens is 1. The molecule has 0 unspecified atom stereocenters. The molecule has 0 aliphatic rings. The number of aromatic amines is 1. The van der Waals surface area contributed by atoms with Crippen LogP contribution in [0.4, 0.5) is 0 Å². The monoisotopic (exact) mass is 328 g/mol. The summed E-state index contributed by atoms with van der Waals surface area (Å²) < 4.78 is 22.8. The zero-order valence-corrected chi connectivity index (χ0v) is 13.4. The number of carbonyl (C=O) groups excluding carboxylic acids is 1. The van der Waals surface area contributed by atoms with E-state index < -0.39 is 9.84 Å². The van der Waals surface area contributed by atoms with E-state index in [4.69, 9.17) is 0 Å². The van der Waals surface area contributed by atoms with Crippen molar-refractivity contribution >= 4 is 26.6 Å². The standard InChI is InChI=1S/C17H16N2O3S/c1-23(21,22)15-5-2-12(3-6-15)11-19-17(20)14-4-7-16-13(10-14)8-9-18-16/h2-10,18H,11H2,1H3,(H,19,20). The number of aromatic nitrogens is 1. The predicted molar refractivity (Wildman–Crippen MR) is 89.0 cm³/mol. The highest BCUT2D eigenvalue weighted by Crippen LogP contribution is 2.14. The van der Waals surface area contributed by atoms with Crippen molar-refractivity contribution in [3.63, 3.8) is 0 Å². The first kappa shape index (κ1) is 15.3. The maximum atomic E-state index is 12.2. The van der Waals surface area contributed by atoms with Gasteiger partial charge >= 0.3 is 0 Å². The summed E-state index contributed by atoms with van der Waals surface area (Å²) in [6.07, 6.45) is 3.00. The van der Waals surface area contributed by atoms with Crippen molar-refractivity contribution in [2.24, 2.45) is 0 Å². The molecular weight excluding hydrogens is 312 g/mol. The fourth-order valence-corrected chi connectivity index (χ4v) is 2.96. The van der Waals surface area contributed by atoms with E-state index in [0.717, 1.165) is 16.5 Å². The molecule has 118 valence electrons. The molecule has 2 aromatic carbocycles. The van der Waals surface area contributed by atoms with Gasteiger partial charge in [0.15, 0.2) is 9.84 Å². The van der Waals surface area contributed by atoms with Crippen LogP contribution in [0.25, 0.3) is 10.9 Å². The van der Waals surface area contributed by atoms with Crippen molar-refractivity contribution in [3.8, 4) is 0 Å². The van der Waals surface area contributed by atoms with Crippen LogP contribution >= 0.6 is 0 Å². The molecule has 0 fully saturated rings.